The van der Waals surface area contributed by atoms with Crippen LogP contribution in [-0.4, -0.2) is 6.61 Å². The normalized spacial score (nSPS) is 16.9. The molecule has 0 amide bonds. The van der Waals surface area contributed by atoms with Crippen LogP contribution in [0.1, 0.15) is 20.3 Å². The molecule has 1 aliphatic rings. The van der Waals surface area contributed by atoms with E-state index in [0.29, 0.717) is 17.9 Å². The molecule has 98 valence electrons. The molecule has 0 radical (unpaired) electrons. The van der Waals surface area contributed by atoms with Crippen molar-refractivity contribution in [2.45, 2.75) is 20.3 Å². The maximum atomic E-state index is 13.1. The molecule has 0 fully saturated rings. The summed E-state index contributed by atoms with van der Waals surface area (Å²) in [6, 6.07) is 0. The lowest BCUT2D eigenvalue weighted by Crippen LogP contribution is -2.22. The van der Waals surface area contributed by atoms with Crippen LogP contribution in [-0.2, 0) is 4.74 Å². The molecule has 3 N–H and O–H groups in total. The van der Waals surface area contributed by atoms with Gasteiger partial charge in [0.15, 0.2) is 0 Å². The molecule has 0 saturated carbocycles. The maximum Gasteiger partial charge on any atom is 0.121 e. The van der Waals surface area contributed by atoms with Crippen molar-refractivity contribution in [3.63, 3.8) is 0 Å². The molecule has 1 aliphatic carbocycles. The molecule has 18 heavy (non-hydrogen) atoms. The van der Waals surface area contributed by atoms with E-state index < -0.39 is 0 Å². The second kappa shape index (κ2) is 7.50. The van der Waals surface area contributed by atoms with Crippen LogP contribution in [0.3, 0.4) is 0 Å². The van der Waals surface area contributed by atoms with E-state index in [2.05, 4.69) is 5.43 Å². The molecule has 0 spiro atoms. The van der Waals surface area contributed by atoms with Crippen LogP contribution in [0.5, 0.6) is 0 Å². The minimum Gasteiger partial charge on any atom is -0.490 e. The Labute approximate surface area is 107 Å². The number of halogens is 1. The monoisotopic (exact) mass is 250 g/mol. The van der Waals surface area contributed by atoms with E-state index in [1.807, 2.05) is 30.4 Å². The molecule has 0 bridgehead atoms. The highest BCUT2D eigenvalue weighted by molar-refractivity contribution is 5.29. The van der Waals surface area contributed by atoms with E-state index in [-0.39, 0.29) is 5.83 Å². The summed E-state index contributed by atoms with van der Waals surface area (Å²) in [4.78, 5) is 0. The van der Waals surface area contributed by atoms with Crippen LogP contribution < -0.4 is 11.3 Å². The fourth-order valence-electron chi connectivity index (χ4n) is 1.51. The van der Waals surface area contributed by atoms with Crippen LogP contribution in [0.15, 0.2) is 59.3 Å². The Hall–Kier alpha value is -1.81. The fraction of sp³-hybridized carbons (Fsp3) is 0.286. The molecule has 0 saturated heterocycles. The quantitative estimate of drug-likeness (QED) is 0.448. The van der Waals surface area contributed by atoms with E-state index in [4.69, 9.17) is 10.6 Å². The smallest absolute Gasteiger partial charge is 0.121 e. The first kappa shape index (κ1) is 14.3. The first-order valence-electron chi connectivity index (χ1n) is 5.81. The van der Waals surface area contributed by atoms with E-state index in [9.17, 15) is 4.39 Å². The molecule has 0 unspecified atom stereocenters. The molecular formula is C14H19FN2O. The van der Waals surface area contributed by atoms with Gasteiger partial charge >= 0.3 is 0 Å². The second-order valence-electron chi connectivity index (χ2n) is 3.89. The largest absolute Gasteiger partial charge is 0.490 e. The standard InChI is InChI=1S/C14H19FN2O/c1-11(14(17-16)12(2)15)9-10-18-13-7-5-3-4-6-8-13/h3,5-9,17H,4,10,16H2,1-2H3/b11-9-,14-12-. The summed E-state index contributed by atoms with van der Waals surface area (Å²) in [7, 11) is 0. The van der Waals surface area contributed by atoms with Gasteiger partial charge in [-0.25, -0.2) is 4.39 Å². The Morgan fingerprint density at radius 3 is 2.94 bits per heavy atom. The summed E-state index contributed by atoms with van der Waals surface area (Å²) in [5.41, 5.74) is 3.35. The van der Waals surface area contributed by atoms with Gasteiger partial charge in [0, 0.05) is 0 Å². The summed E-state index contributed by atoms with van der Waals surface area (Å²) < 4.78 is 18.6. The number of allylic oxidation sites excluding steroid dienone is 7. The third-order valence-electron chi connectivity index (χ3n) is 2.47. The summed E-state index contributed by atoms with van der Waals surface area (Å²) in [5.74, 6) is 5.69. The van der Waals surface area contributed by atoms with Gasteiger partial charge in [0.25, 0.3) is 0 Å². The molecule has 0 aromatic rings. The predicted octanol–water partition coefficient (Wildman–Crippen LogP) is 3.01. The second-order valence-corrected chi connectivity index (χ2v) is 3.89. The first-order chi connectivity index (χ1) is 8.65. The molecular weight excluding hydrogens is 231 g/mol. The zero-order valence-corrected chi connectivity index (χ0v) is 10.7. The Kier molecular flexibility index (Phi) is 5.94. The molecule has 0 aromatic heterocycles. The van der Waals surface area contributed by atoms with Crippen LogP contribution in [0.4, 0.5) is 4.39 Å². The van der Waals surface area contributed by atoms with Gasteiger partial charge in [0.2, 0.25) is 0 Å². The Morgan fingerprint density at radius 2 is 2.28 bits per heavy atom. The van der Waals surface area contributed by atoms with Crippen molar-refractivity contribution in [3.05, 3.63) is 59.3 Å². The lowest BCUT2D eigenvalue weighted by molar-refractivity contribution is 0.261. The molecule has 4 heteroatoms. The number of nitrogens with two attached hydrogens (primary N) is 1. The average Bonchev–Trinajstić information content (AvgIpc) is 2.58. The van der Waals surface area contributed by atoms with Gasteiger partial charge in [-0.15, -0.1) is 0 Å². The van der Waals surface area contributed by atoms with Crippen molar-refractivity contribution in [2.75, 3.05) is 6.61 Å². The van der Waals surface area contributed by atoms with Gasteiger partial charge in [-0.05, 0) is 44.1 Å². The zero-order valence-electron chi connectivity index (χ0n) is 10.7. The number of hydrogen-bond acceptors (Lipinski definition) is 3. The molecule has 3 nitrogen and oxygen atoms in total. The van der Waals surface area contributed by atoms with Gasteiger partial charge < -0.3 is 10.2 Å². The SMILES string of the molecule is CC(=C/COC1=CC=CCC=C1)/C(NN)=C(\C)F. The van der Waals surface area contributed by atoms with Crippen molar-refractivity contribution in [3.8, 4) is 0 Å². The van der Waals surface area contributed by atoms with E-state index >= 15 is 0 Å². The number of hydrogen-bond donors (Lipinski definition) is 2. The molecule has 1 rings (SSSR count). The maximum absolute atomic E-state index is 13.1. The molecule has 0 aliphatic heterocycles. The van der Waals surface area contributed by atoms with Crippen LogP contribution in [0, 0.1) is 0 Å². The molecule has 0 atom stereocenters. The highest BCUT2D eigenvalue weighted by Gasteiger charge is 2.02. The van der Waals surface area contributed by atoms with Crippen molar-refractivity contribution in [1.82, 2.24) is 5.43 Å². The summed E-state index contributed by atoms with van der Waals surface area (Å²) in [5, 5.41) is 0. The van der Waals surface area contributed by atoms with Crippen molar-refractivity contribution in [2.24, 2.45) is 5.84 Å². The highest BCUT2D eigenvalue weighted by Crippen LogP contribution is 2.12. The van der Waals surface area contributed by atoms with E-state index in [0.717, 1.165) is 12.2 Å². The Morgan fingerprint density at radius 1 is 1.50 bits per heavy atom. The lowest BCUT2D eigenvalue weighted by Gasteiger charge is -2.08. The Bertz CT molecular complexity index is 427. The predicted molar refractivity (Wildman–Crippen MR) is 71.8 cm³/mol. The third kappa shape index (κ3) is 4.59. The van der Waals surface area contributed by atoms with Crippen LogP contribution in [0.2, 0.25) is 0 Å². The lowest BCUT2D eigenvalue weighted by atomic mass is 10.2. The number of nitrogens with one attached hydrogen (secondary N) is 1. The topological polar surface area (TPSA) is 47.3 Å². The van der Waals surface area contributed by atoms with E-state index in [1.54, 1.807) is 13.0 Å². The van der Waals surface area contributed by atoms with Gasteiger partial charge in [0.05, 0.1) is 5.70 Å². The Balaban J connectivity index is 2.57. The minimum atomic E-state index is -0.345. The highest BCUT2D eigenvalue weighted by atomic mass is 19.1. The first-order valence-corrected chi connectivity index (χ1v) is 5.81. The molecule has 0 heterocycles. The van der Waals surface area contributed by atoms with Crippen molar-refractivity contribution >= 4 is 0 Å². The van der Waals surface area contributed by atoms with Gasteiger partial charge in [-0.2, -0.15) is 0 Å². The summed E-state index contributed by atoms with van der Waals surface area (Å²) in [6.45, 7) is 3.50. The minimum absolute atomic E-state index is 0.295. The van der Waals surface area contributed by atoms with Crippen molar-refractivity contribution < 1.29 is 9.13 Å². The summed E-state index contributed by atoms with van der Waals surface area (Å²) in [6.07, 6.45) is 12.5. The summed E-state index contributed by atoms with van der Waals surface area (Å²) >= 11 is 0. The van der Waals surface area contributed by atoms with E-state index in [1.165, 1.54) is 6.92 Å². The van der Waals surface area contributed by atoms with Crippen LogP contribution >= 0.6 is 0 Å². The van der Waals surface area contributed by atoms with Crippen molar-refractivity contribution in [1.29, 1.82) is 0 Å². The number of ether oxygens (including phenoxy) is 1. The van der Waals surface area contributed by atoms with Gasteiger partial charge in [0.1, 0.15) is 18.2 Å². The number of rotatable bonds is 5. The fourth-order valence-corrected chi connectivity index (χ4v) is 1.51. The zero-order chi connectivity index (χ0) is 13.4. The van der Waals surface area contributed by atoms with Crippen LogP contribution in [0.25, 0.3) is 0 Å². The van der Waals surface area contributed by atoms with Gasteiger partial charge in [-0.3, -0.25) is 5.84 Å². The van der Waals surface area contributed by atoms with Gasteiger partial charge in [-0.1, -0.05) is 18.2 Å². The average molecular weight is 250 g/mol. The molecule has 0 aromatic carbocycles. The number of hydrazine groups is 1. The third-order valence-corrected chi connectivity index (χ3v) is 2.47.